The lowest BCUT2D eigenvalue weighted by molar-refractivity contribution is 0.129. The van der Waals surface area contributed by atoms with Gasteiger partial charge in [-0.3, -0.25) is 11.3 Å². The molecule has 1 aliphatic rings. The standard InChI is InChI=1S/C6H13N3O2/c7-8-5-1-3-9(4-2-5)6(10)11/h5,8H,1-4,7H2,(H,10,11). The Morgan fingerprint density at radius 1 is 1.55 bits per heavy atom. The van der Waals surface area contributed by atoms with E-state index >= 15 is 0 Å². The first-order valence-corrected chi connectivity index (χ1v) is 3.68. The molecule has 0 unspecified atom stereocenters. The first-order valence-electron chi connectivity index (χ1n) is 3.68. The van der Waals surface area contributed by atoms with E-state index in [0.29, 0.717) is 13.1 Å². The minimum atomic E-state index is -0.833. The topological polar surface area (TPSA) is 78.6 Å². The molecular weight excluding hydrogens is 146 g/mol. The smallest absolute Gasteiger partial charge is 0.407 e. The molecule has 0 bridgehead atoms. The number of nitrogens with zero attached hydrogens (tertiary/aromatic N) is 1. The first-order chi connectivity index (χ1) is 5.24. The van der Waals surface area contributed by atoms with E-state index < -0.39 is 6.09 Å². The second-order valence-corrected chi connectivity index (χ2v) is 2.71. The molecule has 0 spiro atoms. The monoisotopic (exact) mass is 159 g/mol. The van der Waals surface area contributed by atoms with Gasteiger partial charge in [-0.15, -0.1) is 0 Å². The maximum Gasteiger partial charge on any atom is 0.407 e. The van der Waals surface area contributed by atoms with Gasteiger partial charge in [0.2, 0.25) is 0 Å². The Balaban J connectivity index is 2.30. The molecule has 0 saturated carbocycles. The summed E-state index contributed by atoms with van der Waals surface area (Å²) in [5, 5.41) is 8.57. The van der Waals surface area contributed by atoms with E-state index in [1.165, 1.54) is 4.90 Å². The van der Waals surface area contributed by atoms with Crippen molar-refractivity contribution in [1.82, 2.24) is 10.3 Å². The fourth-order valence-electron chi connectivity index (χ4n) is 1.24. The Labute approximate surface area is 65.1 Å². The van der Waals surface area contributed by atoms with Crippen LogP contribution in [0, 0.1) is 0 Å². The van der Waals surface area contributed by atoms with Gasteiger partial charge in [0.25, 0.3) is 0 Å². The van der Waals surface area contributed by atoms with Gasteiger partial charge in [-0.25, -0.2) is 4.79 Å². The van der Waals surface area contributed by atoms with Crippen LogP contribution in [0.2, 0.25) is 0 Å². The summed E-state index contributed by atoms with van der Waals surface area (Å²) in [6, 6.07) is 0.283. The largest absolute Gasteiger partial charge is 0.465 e. The summed E-state index contributed by atoms with van der Waals surface area (Å²) in [5.74, 6) is 5.21. The number of likely N-dealkylation sites (tertiary alicyclic amines) is 1. The SMILES string of the molecule is NNC1CCN(C(=O)O)CC1. The average Bonchev–Trinajstić information content (AvgIpc) is 2.05. The van der Waals surface area contributed by atoms with Crippen molar-refractivity contribution in [3.63, 3.8) is 0 Å². The van der Waals surface area contributed by atoms with Gasteiger partial charge in [-0.1, -0.05) is 0 Å². The summed E-state index contributed by atoms with van der Waals surface area (Å²) in [5.41, 5.74) is 2.64. The zero-order chi connectivity index (χ0) is 8.27. The maximum absolute atomic E-state index is 10.4. The number of nitrogens with one attached hydrogen (secondary N) is 1. The molecule has 4 N–H and O–H groups in total. The van der Waals surface area contributed by atoms with Crippen LogP contribution in [0.5, 0.6) is 0 Å². The molecule has 0 aromatic carbocycles. The minimum Gasteiger partial charge on any atom is -0.465 e. The van der Waals surface area contributed by atoms with Crippen LogP contribution in [-0.2, 0) is 0 Å². The molecule has 0 radical (unpaired) electrons. The molecule has 64 valence electrons. The molecule has 0 atom stereocenters. The number of carbonyl (C=O) groups is 1. The quantitative estimate of drug-likeness (QED) is 0.359. The van der Waals surface area contributed by atoms with Crippen LogP contribution in [0.3, 0.4) is 0 Å². The first kappa shape index (κ1) is 8.29. The second-order valence-electron chi connectivity index (χ2n) is 2.71. The lowest BCUT2D eigenvalue weighted by Gasteiger charge is -2.29. The molecule has 11 heavy (non-hydrogen) atoms. The fourth-order valence-corrected chi connectivity index (χ4v) is 1.24. The molecule has 1 aliphatic heterocycles. The van der Waals surface area contributed by atoms with Crippen molar-refractivity contribution in [3.8, 4) is 0 Å². The third-order valence-electron chi connectivity index (χ3n) is 2.00. The van der Waals surface area contributed by atoms with E-state index in [-0.39, 0.29) is 6.04 Å². The van der Waals surface area contributed by atoms with E-state index in [9.17, 15) is 4.79 Å². The Morgan fingerprint density at radius 2 is 2.09 bits per heavy atom. The Kier molecular flexibility index (Phi) is 2.67. The number of hydrogen-bond donors (Lipinski definition) is 3. The summed E-state index contributed by atoms with van der Waals surface area (Å²) in [6.45, 7) is 1.17. The van der Waals surface area contributed by atoms with Gasteiger partial charge in [0, 0.05) is 19.1 Å². The molecule has 5 heteroatoms. The van der Waals surface area contributed by atoms with E-state index in [1.807, 2.05) is 0 Å². The van der Waals surface area contributed by atoms with Crippen LogP contribution in [0.4, 0.5) is 4.79 Å². The zero-order valence-electron chi connectivity index (χ0n) is 6.29. The third kappa shape index (κ3) is 2.06. The second kappa shape index (κ2) is 3.54. The summed E-state index contributed by atoms with van der Waals surface area (Å²) in [4.78, 5) is 11.8. The number of nitrogens with two attached hydrogens (primary N) is 1. The van der Waals surface area contributed by atoms with Gasteiger partial charge >= 0.3 is 6.09 Å². The van der Waals surface area contributed by atoms with Gasteiger partial charge in [0.05, 0.1) is 0 Å². The molecule has 1 fully saturated rings. The molecular formula is C6H13N3O2. The molecule has 1 amide bonds. The molecule has 5 nitrogen and oxygen atoms in total. The minimum absolute atomic E-state index is 0.283. The number of amides is 1. The Morgan fingerprint density at radius 3 is 2.45 bits per heavy atom. The van der Waals surface area contributed by atoms with Crippen molar-refractivity contribution in [2.45, 2.75) is 18.9 Å². The van der Waals surface area contributed by atoms with Crippen molar-refractivity contribution in [2.24, 2.45) is 5.84 Å². The van der Waals surface area contributed by atoms with Crippen LogP contribution in [0.15, 0.2) is 0 Å². The van der Waals surface area contributed by atoms with E-state index in [4.69, 9.17) is 10.9 Å². The fraction of sp³-hybridized carbons (Fsp3) is 0.833. The molecule has 1 saturated heterocycles. The zero-order valence-corrected chi connectivity index (χ0v) is 6.29. The van der Waals surface area contributed by atoms with Gasteiger partial charge in [0.1, 0.15) is 0 Å². The van der Waals surface area contributed by atoms with Crippen LogP contribution in [0.1, 0.15) is 12.8 Å². The highest BCUT2D eigenvalue weighted by Gasteiger charge is 2.20. The predicted molar refractivity (Wildman–Crippen MR) is 39.9 cm³/mol. The normalized spacial score (nSPS) is 20.3. The average molecular weight is 159 g/mol. The Hall–Kier alpha value is -0.810. The number of hydrazine groups is 1. The van der Waals surface area contributed by atoms with Crippen molar-refractivity contribution < 1.29 is 9.90 Å². The number of hydrogen-bond acceptors (Lipinski definition) is 3. The third-order valence-corrected chi connectivity index (χ3v) is 2.00. The van der Waals surface area contributed by atoms with Gasteiger partial charge in [-0.05, 0) is 12.8 Å². The van der Waals surface area contributed by atoms with E-state index in [2.05, 4.69) is 5.43 Å². The van der Waals surface area contributed by atoms with Crippen LogP contribution in [-0.4, -0.2) is 35.2 Å². The van der Waals surface area contributed by atoms with Crippen molar-refractivity contribution >= 4 is 6.09 Å². The highest BCUT2D eigenvalue weighted by Crippen LogP contribution is 2.08. The molecule has 0 aliphatic carbocycles. The van der Waals surface area contributed by atoms with Crippen molar-refractivity contribution in [1.29, 1.82) is 0 Å². The number of carboxylic acid groups (broad SMARTS) is 1. The van der Waals surface area contributed by atoms with Crippen LogP contribution < -0.4 is 11.3 Å². The van der Waals surface area contributed by atoms with Crippen molar-refractivity contribution in [3.05, 3.63) is 0 Å². The maximum atomic E-state index is 10.4. The predicted octanol–water partition coefficient (Wildman–Crippen LogP) is -0.408. The number of piperidine rings is 1. The van der Waals surface area contributed by atoms with Crippen LogP contribution >= 0.6 is 0 Å². The van der Waals surface area contributed by atoms with Gasteiger partial charge < -0.3 is 10.0 Å². The molecule has 0 aromatic rings. The molecule has 0 aromatic heterocycles. The van der Waals surface area contributed by atoms with E-state index in [0.717, 1.165) is 12.8 Å². The number of rotatable bonds is 1. The van der Waals surface area contributed by atoms with Gasteiger partial charge in [0.15, 0.2) is 0 Å². The lowest BCUT2D eigenvalue weighted by atomic mass is 10.1. The van der Waals surface area contributed by atoms with Crippen LogP contribution in [0.25, 0.3) is 0 Å². The molecule has 1 heterocycles. The molecule has 1 rings (SSSR count). The summed E-state index contributed by atoms with van der Waals surface area (Å²) < 4.78 is 0. The summed E-state index contributed by atoms with van der Waals surface area (Å²) in [6.07, 6.45) is 0.784. The Bertz CT molecular complexity index is 143. The summed E-state index contributed by atoms with van der Waals surface area (Å²) >= 11 is 0. The summed E-state index contributed by atoms with van der Waals surface area (Å²) in [7, 11) is 0. The highest BCUT2D eigenvalue weighted by molar-refractivity contribution is 5.65. The van der Waals surface area contributed by atoms with E-state index in [1.54, 1.807) is 0 Å². The van der Waals surface area contributed by atoms with Crippen molar-refractivity contribution in [2.75, 3.05) is 13.1 Å². The highest BCUT2D eigenvalue weighted by atomic mass is 16.4. The van der Waals surface area contributed by atoms with Gasteiger partial charge in [-0.2, -0.15) is 0 Å². The lowest BCUT2D eigenvalue weighted by Crippen LogP contribution is -2.46.